The lowest BCUT2D eigenvalue weighted by molar-refractivity contribution is -0.153. The highest BCUT2D eigenvalue weighted by Crippen LogP contribution is 2.29. The third-order valence-corrected chi connectivity index (χ3v) is 5.66. The molecule has 1 aliphatic heterocycles. The Bertz CT molecular complexity index is 873. The molecule has 4 rings (SSSR count). The number of nitrogens with one attached hydrogen (secondary N) is 1. The molecule has 0 saturated heterocycles. The third-order valence-electron chi connectivity index (χ3n) is 5.66. The number of benzene rings is 2. The molecule has 6 heteroatoms. The number of aryl methyl sites for hydroxylation is 1. The van der Waals surface area contributed by atoms with Crippen molar-refractivity contribution in [2.45, 2.75) is 50.6 Å². The molecule has 146 valence electrons. The zero-order chi connectivity index (χ0) is 19.7. The fourth-order valence-corrected chi connectivity index (χ4v) is 4.12. The summed E-state index contributed by atoms with van der Waals surface area (Å²) in [7, 11) is 0. The molecule has 0 spiro atoms. The molecule has 0 radical (unpaired) electrons. The molecule has 1 unspecified atom stereocenters. The average molecular weight is 380 g/mol. The first-order valence-electron chi connectivity index (χ1n) is 9.64. The number of carbonyl (C=O) groups excluding carboxylic acids is 2. The lowest BCUT2D eigenvalue weighted by Crippen LogP contribution is -2.50. The maximum atomic E-state index is 12.6. The molecule has 2 aromatic rings. The number of hydrogen-bond donors (Lipinski definition) is 3. The molecule has 2 aliphatic rings. The predicted molar refractivity (Wildman–Crippen MR) is 103 cm³/mol. The first-order chi connectivity index (χ1) is 13.5. The lowest BCUT2D eigenvalue weighted by Gasteiger charge is -2.28. The Morgan fingerprint density at radius 3 is 2.21 bits per heavy atom. The zero-order valence-electron chi connectivity index (χ0n) is 15.5. The number of hydrogen-bond acceptors (Lipinski definition) is 4. The van der Waals surface area contributed by atoms with Crippen LogP contribution in [0.15, 0.2) is 48.5 Å². The normalized spacial score (nSPS) is 20.1. The lowest BCUT2D eigenvalue weighted by atomic mass is 9.87. The smallest absolute Gasteiger partial charge is 0.255 e. The maximum absolute atomic E-state index is 12.6. The molecule has 1 aliphatic carbocycles. The Hall–Kier alpha value is -2.70. The highest BCUT2D eigenvalue weighted by molar-refractivity contribution is 5.91. The SMILES string of the molecule is O=C(N[C@@H]1CCCc2ccccc21)[C@H](O)C(O)C(=O)N1Cc2ccccc2C1. The fourth-order valence-electron chi connectivity index (χ4n) is 4.12. The molecule has 3 N–H and O–H groups in total. The van der Waals surface area contributed by atoms with E-state index in [9.17, 15) is 19.8 Å². The number of aliphatic hydroxyl groups excluding tert-OH is 2. The number of rotatable bonds is 4. The van der Waals surface area contributed by atoms with Crippen molar-refractivity contribution in [1.82, 2.24) is 10.2 Å². The second kappa shape index (κ2) is 7.73. The van der Waals surface area contributed by atoms with Crippen LogP contribution in [0.1, 0.15) is 41.1 Å². The van der Waals surface area contributed by atoms with E-state index >= 15 is 0 Å². The Kier molecular flexibility index (Phi) is 5.15. The topological polar surface area (TPSA) is 89.9 Å². The summed E-state index contributed by atoms with van der Waals surface area (Å²) < 4.78 is 0. The summed E-state index contributed by atoms with van der Waals surface area (Å²) >= 11 is 0. The van der Waals surface area contributed by atoms with Crippen molar-refractivity contribution in [2.24, 2.45) is 0 Å². The van der Waals surface area contributed by atoms with Gasteiger partial charge in [-0.2, -0.15) is 0 Å². The number of carbonyl (C=O) groups is 2. The van der Waals surface area contributed by atoms with Crippen LogP contribution in [-0.2, 0) is 29.1 Å². The van der Waals surface area contributed by atoms with Crippen molar-refractivity contribution in [3.05, 3.63) is 70.8 Å². The van der Waals surface area contributed by atoms with Gasteiger partial charge in [0.15, 0.2) is 12.2 Å². The van der Waals surface area contributed by atoms with Gasteiger partial charge in [0.25, 0.3) is 11.8 Å². The molecule has 6 nitrogen and oxygen atoms in total. The molecule has 28 heavy (non-hydrogen) atoms. The van der Waals surface area contributed by atoms with Gasteiger partial charge >= 0.3 is 0 Å². The standard InChI is InChI=1S/C22H24N2O4/c25-19(20(26)22(28)24-12-15-7-1-2-8-16(15)13-24)21(27)23-18-11-5-9-14-6-3-4-10-17(14)18/h1-4,6-8,10,18-20,25-26H,5,9,11-13H2,(H,23,27)/t18-,19-,20?/m1/s1. The van der Waals surface area contributed by atoms with E-state index in [4.69, 9.17) is 0 Å². The van der Waals surface area contributed by atoms with E-state index in [1.807, 2.05) is 48.5 Å². The predicted octanol–water partition coefficient (Wildman–Crippen LogP) is 1.44. The number of amides is 2. The Morgan fingerprint density at radius 2 is 1.54 bits per heavy atom. The average Bonchev–Trinajstić information content (AvgIpc) is 3.16. The fraction of sp³-hybridized carbons (Fsp3) is 0.364. The highest BCUT2D eigenvalue weighted by atomic mass is 16.3. The largest absolute Gasteiger partial charge is 0.380 e. The van der Waals surface area contributed by atoms with Gasteiger partial charge in [-0.1, -0.05) is 48.5 Å². The Balaban J connectivity index is 1.40. The first kappa shape index (κ1) is 18.7. The molecule has 3 atom stereocenters. The zero-order valence-corrected chi connectivity index (χ0v) is 15.5. The maximum Gasteiger partial charge on any atom is 0.255 e. The van der Waals surface area contributed by atoms with Crippen LogP contribution < -0.4 is 5.32 Å². The molecule has 0 bridgehead atoms. The monoisotopic (exact) mass is 380 g/mol. The number of aliphatic hydroxyl groups is 2. The highest BCUT2D eigenvalue weighted by Gasteiger charge is 2.36. The van der Waals surface area contributed by atoms with Crippen molar-refractivity contribution >= 4 is 11.8 Å². The first-order valence-corrected chi connectivity index (χ1v) is 9.64. The molecule has 0 aromatic heterocycles. The van der Waals surface area contributed by atoms with Crippen molar-refractivity contribution in [1.29, 1.82) is 0 Å². The van der Waals surface area contributed by atoms with Gasteiger partial charge in [0.1, 0.15) is 0 Å². The van der Waals surface area contributed by atoms with E-state index in [-0.39, 0.29) is 6.04 Å². The minimum absolute atomic E-state index is 0.217. The number of nitrogens with zero attached hydrogens (tertiary/aromatic N) is 1. The molecule has 2 aromatic carbocycles. The van der Waals surface area contributed by atoms with Crippen LogP contribution in [0.3, 0.4) is 0 Å². The second-order valence-corrected chi connectivity index (χ2v) is 7.50. The summed E-state index contributed by atoms with van der Waals surface area (Å²) in [6.45, 7) is 0.743. The number of fused-ring (bicyclic) bond motifs is 2. The van der Waals surface area contributed by atoms with Gasteiger partial charge < -0.3 is 20.4 Å². The summed E-state index contributed by atoms with van der Waals surface area (Å²) in [4.78, 5) is 26.6. The van der Waals surface area contributed by atoms with Gasteiger partial charge in [0, 0.05) is 13.1 Å². The van der Waals surface area contributed by atoms with Crippen LogP contribution in [0.25, 0.3) is 0 Å². The molecule has 0 saturated carbocycles. The van der Waals surface area contributed by atoms with E-state index in [0.29, 0.717) is 13.1 Å². The summed E-state index contributed by atoms with van der Waals surface area (Å²) in [6.07, 6.45) is -0.924. The minimum Gasteiger partial charge on any atom is -0.380 e. The summed E-state index contributed by atoms with van der Waals surface area (Å²) in [6, 6.07) is 15.3. The van der Waals surface area contributed by atoms with Gasteiger partial charge in [-0.3, -0.25) is 9.59 Å². The van der Waals surface area contributed by atoms with Gasteiger partial charge in [-0.05, 0) is 41.5 Å². The summed E-state index contributed by atoms with van der Waals surface area (Å²) in [5.74, 6) is -1.36. The second-order valence-electron chi connectivity index (χ2n) is 7.50. The minimum atomic E-state index is -1.80. The van der Waals surface area contributed by atoms with Crippen LogP contribution in [0.5, 0.6) is 0 Å². The quantitative estimate of drug-likeness (QED) is 0.749. The van der Waals surface area contributed by atoms with Gasteiger partial charge in [0.2, 0.25) is 0 Å². The van der Waals surface area contributed by atoms with E-state index in [0.717, 1.165) is 36.0 Å². The third kappa shape index (κ3) is 3.53. The molecular weight excluding hydrogens is 356 g/mol. The van der Waals surface area contributed by atoms with Crippen molar-refractivity contribution in [3.8, 4) is 0 Å². The molecule has 0 fully saturated rings. The van der Waals surface area contributed by atoms with E-state index in [1.165, 1.54) is 10.5 Å². The molecule has 1 heterocycles. The van der Waals surface area contributed by atoms with Crippen LogP contribution in [-0.4, -0.2) is 39.1 Å². The van der Waals surface area contributed by atoms with Crippen molar-refractivity contribution in [3.63, 3.8) is 0 Å². The Morgan fingerprint density at radius 1 is 0.929 bits per heavy atom. The van der Waals surface area contributed by atoms with Crippen LogP contribution in [0, 0.1) is 0 Å². The van der Waals surface area contributed by atoms with Gasteiger partial charge in [0.05, 0.1) is 6.04 Å². The van der Waals surface area contributed by atoms with E-state index in [1.54, 1.807) is 0 Å². The van der Waals surface area contributed by atoms with Crippen molar-refractivity contribution in [2.75, 3.05) is 0 Å². The summed E-state index contributed by atoms with van der Waals surface area (Å²) in [5, 5.41) is 23.4. The summed E-state index contributed by atoms with van der Waals surface area (Å²) in [5.41, 5.74) is 4.24. The molecule has 2 amide bonds. The Labute approximate surface area is 163 Å². The van der Waals surface area contributed by atoms with E-state index < -0.39 is 24.0 Å². The van der Waals surface area contributed by atoms with Crippen molar-refractivity contribution < 1.29 is 19.8 Å². The van der Waals surface area contributed by atoms with Crippen LogP contribution >= 0.6 is 0 Å². The van der Waals surface area contributed by atoms with Gasteiger partial charge in [-0.25, -0.2) is 0 Å². The van der Waals surface area contributed by atoms with Gasteiger partial charge in [-0.15, -0.1) is 0 Å². The van der Waals surface area contributed by atoms with E-state index in [2.05, 4.69) is 5.32 Å². The molecular formula is C22H24N2O4. The van der Waals surface area contributed by atoms with Crippen LogP contribution in [0.4, 0.5) is 0 Å². The van der Waals surface area contributed by atoms with Crippen LogP contribution in [0.2, 0.25) is 0 Å².